The van der Waals surface area contributed by atoms with Crippen molar-refractivity contribution in [2.24, 2.45) is 0 Å². The molecule has 0 bridgehead atoms. The van der Waals surface area contributed by atoms with Gasteiger partial charge in [0.1, 0.15) is 0 Å². The highest BCUT2D eigenvalue weighted by Crippen LogP contribution is 2.20. The molecule has 17 heavy (non-hydrogen) atoms. The summed E-state index contributed by atoms with van der Waals surface area (Å²) >= 11 is 0. The van der Waals surface area contributed by atoms with Crippen LogP contribution in [0.3, 0.4) is 0 Å². The molecule has 0 atom stereocenters. The Morgan fingerprint density at radius 2 is 1.59 bits per heavy atom. The van der Waals surface area contributed by atoms with Crippen LogP contribution in [0.5, 0.6) is 0 Å². The van der Waals surface area contributed by atoms with Gasteiger partial charge in [-0.3, -0.25) is 0 Å². The van der Waals surface area contributed by atoms with Crippen molar-refractivity contribution in [2.45, 2.75) is 19.9 Å². The van der Waals surface area contributed by atoms with Crippen molar-refractivity contribution >= 4 is 17.3 Å². The van der Waals surface area contributed by atoms with Gasteiger partial charge in [0.05, 0.1) is 0 Å². The summed E-state index contributed by atoms with van der Waals surface area (Å²) in [6.07, 6.45) is 3.36. The van der Waals surface area contributed by atoms with E-state index in [1.165, 1.54) is 0 Å². The summed E-state index contributed by atoms with van der Waals surface area (Å²) in [4.78, 5) is 8.57. The second-order valence-corrected chi connectivity index (χ2v) is 4.04. The maximum absolute atomic E-state index is 4.29. The summed E-state index contributed by atoms with van der Waals surface area (Å²) in [7, 11) is 0. The van der Waals surface area contributed by atoms with Gasteiger partial charge in [0.25, 0.3) is 0 Å². The first kappa shape index (κ1) is 11.4. The molecule has 0 fully saturated rings. The van der Waals surface area contributed by atoms with Crippen molar-refractivity contribution in [3.05, 3.63) is 42.7 Å². The van der Waals surface area contributed by atoms with Crippen LogP contribution in [0.4, 0.5) is 17.3 Å². The number of hydrogen-bond acceptors (Lipinski definition) is 4. The summed E-state index contributed by atoms with van der Waals surface area (Å²) in [5.74, 6) is 1.51. The van der Waals surface area contributed by atoms with Crippen molar-refractivity contribution in [1.29, 1.82) is 0 Å². The Morgan fingerprint density at radius 1 is 0.941 bits per heavy atom. The van der Waals surface area contributed by atoms with E-state index in [4.69, 9.17) is 0 Å². The average molecular weight is 228 g/mol. The quantitative estimate of drug-likeness (QED) is 0.844. The Kier molecular flexibility index (Phi) is 3.55. The smallest absolute Gasteiger partial charge is 0.173 e. The molecular formula is C13H16N4. The molecule has 1 aromatic heterocycles. The first-order valence-corrected chi connectivity index (χ1v) is 5.65. The standard InChI is InChI=1S/C13H16N4/c1-10(2)16-12-13(15-9-8-14-12)17-11-6-4-3-5-7-11/h3-10H,1-2H3,(H,14,16)(H,15,17). The first-order valence-electron chi connectivity index (χ1n) is 5.65. The van der Waals surface area contributed by atoms with Crippen molar-refractivity contribution in [3.8, 4) is 0 Å². The van der Waals surface area contributed by atoms with E-state index in [-0.39, 0.29) is 0 Å². The highest BCUT2D eigenvalue weighted by molar-refractivity contribution is 5.67. The van der Waals surface area contributed by atoms with Gasteiger partial charge in [0, 0.05) is 24.1 Å². The zero-order chi connectivity index (χ0) is 12.1. The van der Waals surface area contributed by atoms with Crippen LogP contribution in [0.25, 0.3) is 0 Å². The number of nitrogens with zero attached hydrogens (tertiary/aromatic N) is 2. The second-order valence-electron chi connectivity index (χ2n) is 4.04. The molecule has 0 aliphatic rings. The zero-order valence-corrected chi connectivity index (χ0v) is 10.0. The molecule has 0 aliphatic heterocycles. The number of para-hydroxylation sites is 1. The van der Waals surface area contributed by atoms with E-state index in [1.807, 2.05) is 30.3 Å². The van der Waals surface area contributed by atoms with Crippen molar-refractivity contribution < 1.29 is 0 Å². The molecule has 0 amide bonds. The van der Waals surface area contributed by atoms with Crippen LogP contribution >= 0.6 is 0 Å². The number of nitrogens with one attached hydrogen (secondary N) is 2. The lowest BCUT2D eigenvalue weighted by atomic mass is 10.3. The van der Waals surface area contributed by atoms with Gasteiger partial charge in [-0.1, -0.05) is 18.2 Å². The molecule has 1 heterocycles. The van der Waals surface area contributed by atoms with E-state index in [9.17, 15) is 0 Å². The molecule has 0 aliphatic carbocycles. The van der Waals surface area contributed by atoms with Crippen LogP contribution in [-0.4, -0.2) is 16.0 Å². The van der Waals surface area contributed by atoms with Gasteiger partial charge in [-0.2, -0.15) is 0 Å². The lowest BCUT2D eigenvalue weighted by molar-refractivity contribution is 0.887. The van der Waals surface area contributed by atoms with Gasteiger partial charge in [-0.25, -0.2) is 9.97 Å². The molecule has 0 spiro atoms. The predicted molar refractivity (Wildman–Crippen MR) is 70.5 cm³/mol. The van der Waals surface area contributed by atoms with Crippen LogP contribution < -0.4 is 10.6 Å². The lowest BCUT2D eigenvalue weighted by Gasteiger charge is -2.13. The lowest BCUT2D eigenvalue weighted by Crippen LogP contribution is -2.13. The number of hydrogen-bond donors (Lipinski definition) is 2. The largest absolute Gasteiger partial charge is 0.365 e. The van der Waals surface area contributed by atoms with Crippen LogP contribution in [0.2, 0.25) is 0 Å². The normalized spacial score (nSPS) is 10.3. The number of benzene rings is 1. The molecule has 4 heteroatoms. The fraction of sp³-hybridized carbons (Fsp3) is 0.231. The maximum Gasteiger partial charge on any atom is 0.173 e. The van der Waals surface area contributed by atoms with E-state index < -0.39 is 0 Å². The SMILES string of the molecule is CC(C)Nc1nccnc1Nc1ccccc1. The summed E-state index contributed by atoms with van der Waals surface area (Å²) in [6.45, 7) is 4.14. The van der Waals surface area contributed by atoms with E-state index in [1.54, 1.807) is 12.4 Å². The molecule has 4 nitrogen and oxygen atoms in total. The number of rotatable bonds is 4. The number of aromatic nitrogens is 2. The fourth-order valence-electron chi connectivity index (χ4n) is 1.47. The van der Waals surface area contributed by atoms with Gasteiger partial charge in [0.15, 0.2) is 11.6 Å². The molecular weight excluding hydrogens is 212 g/mol. The summed E-state index contributed by atoms with van der Waals surface area (Å²) in [5.41, 5.74) is 1.000. The summed E-state index contributed by atoms with van der Waals surface area (Å²) in [5, 5.41) is 6.50. The molecule has 1 aromatic carbocycles. The minimum Gasteiger partial charge on any atom is -0.365 e. The van der Waals surface area contributed by atoms with Crippen molar-refractivity contribution in [3.63, 3.8) is 0 Å². The summed E-state index contributed by atoms with van der Waals surface area (Å²) < 4.78 is 0. The van der Waals surface area contributed by atoms with E-state index in [0.717, 1.165) is 17.3 Å². The van der Waals surface area contributed by atoms with Crippen LogP contribution in [0, 0.1) is 0 Å². The topological polar surface area (TPSA) is 49.8 Å². The van der Waals surface area contributed by atoms with Crippen LogP contribution in [0.1, 0.15) is 13.8 Å². The van der Waals surface area contributed by atoms with E-state index in [0.29, 0.717) is 6.04 Å². The monoisotopic (exact) mass is 228 g/mol. The maximum atomic E-state index is 4.29. The highest BCUT2D eigenvalue weighted by Gasteiger charge is 2.05. The zero-order valence-electron chi connectivity index (χ0n) is 10.0. The Labute approximate surface area is 101 Å². The van der Waals surface area contributed by atoms with Crippen molar-refractivity contribution in [1.82, 2.24) is 9.97 Å². The van der Waals surface area contributed by atoms with E-state index in [2.05, 4.69) is 34.4 Å². The fourth-order valence-corrected chi connectivity index (χ4v) is 1.47. The number of anilines is 3. The molecule has 88 valence electrons. The molecule has 0 radical (unpaired) electrons. The third-order valence-corrected chi connectivity index (χ3v) is 2.16. The Bertz CT molecular complexity index is 468. The third kappa shape index (κ3) is 3.17. The second kappa shape index (κ2) is 5.30. The first-order chi connectivity index (χ1) is 8.25. The van der Waals surface area contributed by atoms with E-state index >= 15 is 0 Å². The minimum atomic E-state index is 0.322. The predicted octanol–water partition coefficient (Wildman–Crippen LogP) is 3.04. The van der Waals surface area contributed by atoms with Crippen LogP contribution in [-0.2, 0) is 0 Å². The average Bonchev–Trinajstić information content (AvgIpc) is 2.32. The molecule has 2 rings (SSSR count). The Morgan fingerprint density at radius 3 is 2.24 bits per heavy atom. The van der Waals surface area contributed by atoms with Gasteiger partial charge < -0.3 is 10.6 Å². The van der Waals surface area contributed by atoms with Gasteiger partial charge in [0.2, 0.25) is 0 Å². The van der Waals surface area contributed by atoms with Crippen LogP contribution in [0.15, 0.2) is 42.7 Å². The highest BCUT2D eigenvalue weighted by atomic mass is 15.1. The molecule has 2 aromatic rings. The van der Waals surface area contributed by atoms with Gasteiger partial charge >= 0.3 is 0 Å². The summed E-state index contributed by atoms with van der Waals surface area (Å²) in [6, 6.07) is 10.3. The Hall–Kier alpha value is -2.10. The van der Waals surface area contributed by atoms with Crippen molar-refractivity contribution in [2.75, 3.05) is 10.6 Å². The molecule has 0 saturated carbocycles. The molecule has 0 saturated heterocycles. The van der Waals surface area contributed by atoms with Gasteiger partial charge in [-0.15, -0.1) is 0 Å². The molecule has 2 N–H and O–H groups in total. The van der Waals surface area contributed by atoms with Gasteiger partial charge in [-0.05, 0) is 26.0 Å². The Balaban J connectivity index is 2.20. The third-order valence-electron chi connectivity index (χ3n) is 2.16. The minimum absolute atomic E-state index is 0.322. The molecule has 0 unspecified atom stereocenters.